The Morgan fingerprint density at radius 3 is 2.62 bits per heavy atom. The van der Waals surface area contributed by atoms with Gasteiger partial charge >= 0.3 is 0 Å². The van der Waals surface area contributed by atoms with E-state index in [1.165, 1.54) is 31.3 Å². The first-order chi connectivity index (χ1) is 17.4. The molecule has 5 fully saturated rings. The molecule has 0 aromatic heterocycles. The Morgan fingerprint density at radius 1 is 1.14 bits per heavy atom. The topological polar surface area (TPSA) is 87.9 Å². The summed E-state index contributed by atoms with van der Waals surface area (Å²) in [6.07, 6.45) is 12.2. The molecular weight excluding hydrogens is 486 g/mol. The van der Waals surface area contributed by atoms with Crippen LogP contribution in [0.2, 0.25) is 0 Å². The monoisotopic (exact) mass is 535 g/mol. The predicted molar refractivity (Wildman–Crippen MR) is 144 cm³/mol. The molecule has 4 aliphatic carbocycles. The largest absolute Gasteiger partial charge is 0.349 e. The summed E-state index contributed by atoms with van der Waals surface area (Å²) in [5.41, 5.74) is 7.65. The minimum absolute atomic E-state index is 0.112. The van der Waals surface area contributed by atoms with E-state index in [1.54, 1.807) is 6.92 Å². The van der Waals surface area contributed by atoms with Crippen molar-refractivity contribution in [2.45, 2.75) is 116 Å². The molecule has 6 aliphatic rings. The van der Waals surface area contributed by atoms with Crippen molar-refractivity contribution in [1.29, 1.82) is 0 Å². The van der Waals surface area contributed by atoms with Gasteiger partial charge in [-0.15, -0.1) is 0 Å². The third-order valence-corrected chi connectivity index (χ3v) is 13.6. The first kappa shape index (κ1) is 26.7. The fourth-order valence-electron chi connectivity index (χ4n) is 10.3. The lowest BCUT2D eigenvalue weighted by Crippen LogP contribution is -2.52. The number of rotatable bonds is 4. The van der Waals surface area contributed by atoms with Crippen molar-refractivity contribution in [2.75, 3.05) is 12.4 Å². The molecule has 6 nitrogen and oxygen atoms in total. The zero-order valence-corrected chi connectivity index (χ0v) is 24.4. The predicted octanol–water partition coefficient (Wildman–Crippen LogP) is 5.42. The van der Waals surface area contributed by atoms with E-state index in [2.05, 4.69) is 33.8 Å². The van der Waals surface area contributed by atoms with Crippen LogP contribution in [0.5, 0.6) is 0 Å². The van der Waals surface area contributed by atoms with Gasteiger partial charge in [0.25, 0.3) is 10.1 Å². The Kier molecular flexibility index (Phi) is 6.52. The Balaban J connectivity index is 1.19. The molecule has 7 heteroatoms. The lowest BCUT2D eigenvalue weighted by atomic mass is 9.47. The van der Waals surface area contributed by atoms with Gasteiger partial charge in [-0.2, -0.15) is 8.42 Å². The van der Waals surface area contributed by atoms with E-state index in [0.717, 1.165) is 38.7 Å². The highest BCUT2D eigenvalue weighted by Crippen LogP contribution is 2.70. The molecule has 2 saturated heterocycles. The molecule has 1 unspecified atom stereocenters. The number of fused-ring (bicyclic) bond motifs is 7. The first-order valence-corrected chi connectivity index (χ1v) is 16.6. The molecule has 0 aromatic rings. The van der Waals surface area contributed by atoms with Gasteiger partial charge in [0.05, 0.1) is 24.6 Å². The highest BCUT2D eigenvalue weighted by molar-refractivity contribution is 7.86. The Bertz CT molecular complexity index is 1030. The minimum atomic E-state index is -3.59. The smallest absolute Gasteiger partial charge is 0.269 e. The molecule has 0 radical (unpaired) electrons. The maximum absolute atomic E-state index is 12.4. The molecule has 12 atom stereocenters. The molecule has 2 aliphatic heterocycles. The van der Waals surface area contributed by atoms with Crippen LogP contribution in [0.15, 0.2) is 11.6 Å². The summed E-state index contributed by atoms with van der Waals surface area (Å²) < 4.78 is 43.9. The second kappa shape index (κ2) is 9.02. The molecule has 37 heavy (non-hydrogen) atoms. The summed E-state index contributed by atoms with van der Waals surface area (Å²) in [6.45, 7) is 12.3. The van der Waals surface area contributed by atoms with Gasteiger partial charge in [-0.05, 0) is 98.7 Å². The van der Waals surface area contributed by atoms with Crippen molar-refractivity contribution in [2.24, 2.45) is 52.1 Å². The van der Waals surface area contributed by atoms with E-state index in [1.807, 2.05) is 0 Å². The third-order valence-electron chi connectivity index (χ3n) is 12.1. The molecule has 2 N–H and O–H groups in total. The van der Waals surface area contributed by atoms with E-state index in [0.29, 0.717) is 47.0 Å². The van der Waals surface area contributed by atoms with Crippen LogP contribution >= 0.6 is 0 Å². The van der Waals surface area contributed by atoms with Crippen LogP contribution in [0.3, 0.4) is 0 Å². The maximum Gasteiger partial charge on any atom is 0.269 e. The quantitative estimate of drug-likeness (QED) is 0.382. The second-order valence-electron chi connectivity index (χ2n) is 14.4. The van der Waals surface area contributed by atoms with Crippen LogP contribution in [0.25, 0.3) is 0 Å². The van der Waals surface area contributed by atoms with Gasteiger partial charge in [0.2, 0.25) is 0 Å². The van der Waals surface area contributed by atoms with Crippen molar-refractivity contribution in [1.82, 2.24) is 0 Å². The standard InChI is InChI=1S/C30H49NO5S/c1-18-8-13-30(34-16-18)20(3)27-26(35-30)15-25-23-7-6-21-14-22(36-37(32,33)17-19(2)31)9-11-28(21,4)24(23)10-12-29(25,27)5/h6,18-20,22-27H,7-17,31H2,1-5H3/t18-,19?,20+,22+,23-,24+,25+,26+,27+,28+,29+,30-/m1/s1. The van der Waals surface area contributed by atoms with Crippen LogP contribution in [0.4, 0.5) is 0 Å². The summed E-state index contributed by atoms with van der Waals surface area (Å²) in [5, 5.41) is 0. The van der Waals surface area contributed by atoms with Gasteiger partial charge in [-0.1, -0.05) is 39.3 Å². The van der Waals surface area contributed by atoms with Crippen LogP contribution < -0.4 is 5.73 Å². The maximum atomic E-state index is 12.4. The Labute approximate surface area is 224 Å². The summed E-state index contributed by atoms with van der Waals surface area (Å²) in [5.74, 6) is 3.26. The average Bonchev–Trinajstić information content (AvgIpc) is 3.25. The summed E-state index contributed by atoms with van der Waals surface area (Å²) in [6, 6.07) is -0.411. The average molecular weight is 536 g/mol. The zero-order valence-electron chi connectivity index (χ0n) is 23.6. The fourth-order valence-corrected chi connectivity index (χ4v) is 11.6. The lowest BCUT2D eigenvalue weighted by Gasteiger charge is -2.58. The van der Waals surface area contributed by atoms with Crippen LogP contribution in [-0.2, 0) is 23.8 Å². The van der Waals surface area contributed by atoms with Crippen molar-refractivity contribution < 1.29 is 22.1 Å². The van der Waals surface area contributed by atoms with E-state index >= 15 is 0 Å². The molecule has 3 saturated carbocycles. The lowest BCUT2D eigenvalue weighted by molar-refractivity contribution is -0.272. The van der Waals surface area contributed by atoms with E-state index in [-0.39, 0.29) is 23.1 Å². The van der Waals surface area contributed by atoms with Crippen molar-refractivity contribution in [3.8, 4) is 0 Å². The van der Waals surface area contributed by atoms with Crippen LogP contribution in [0.1, 0.15) is 92.4 Å². The van der Waals surface area contributed by atoms with Gasteiger partial charge in [-0.3, -0.25) is 4.18 Å². The molecule has 0 bridgehead atoms. The molecule has 210 valence electrons. The number of hydrogen-bond donors (Lipinski definition) is 1. The molecule has 6 rings (SSSR count). The van der Waals surface area contributed by atoms with Gasteiger partial charge in [-0.25, -0.2) is 0 Å². The van der Waals surface area contributed by atoms with E-state index in [9.17, 15) is 8.42 Å². The summed E-state index contributed by atoms with van der Waals surface area (Å²) in [7, 11) is -3.59. The first-order valence-electron chi connectivity index (χ1n) is 15.0. The van der Waals surface area contributed by atoms with Crippen LogP contribution in [0, 0.1) is 46.3 Å². The highest BCUT2D eigenvalue weighted by atomic mass is 32.2. The molecule has 0 amide bonds. The van der Waals surface area contributed by atoms with Crippen molar-refractivity contribution in [3.05, 3.63) is 11.6 Å². The number of nitrogens with two attached hydrogens (primary N) is 1. The van der Waals surface area contributed by atoms with Gasteiger partial charge < -0.3 is 15.2 Å². The van der Waals surface area contributed by atoms with Crippen molar-refractivity contribution in [3.63, 3.8) is 0 Å². The summed E-state index contributed by atoms with van der Waals surface area (Å²) >= 11 is 0. The van der Waals surface area contributed by atoms with Gasteiger partial charge in [0.1, 0.15) is 0 Å². The van der Waals surface area contributed by atoms with E-state index in [4.69, 9.17) is 19.4 Å². The Hall–Kier alpha value is -0.470. The normalized spacial score (nSPS) is 52.1. The SMILES string of the molecule is CC(N)CS(=O)(=O)O[C@H]1CC[C@@]2(C)C(=CC[C@H]3[C@@H]4C[C@@H]5O[C@]6(CC[C@@H](C)CO6)[C@@H](C)[C@@H]5[C@@]4(C)CC[C@@H]32)C1. The molecule has 0 aromatic carbocycles. The van der Waals surface area contributed by atoms with Crippen LogP contribution in [-0.4, -0.2) is 44.8 Å². The molecule has 1 spiro atoms. The van der Waals surface area contributed by atoms with Gasteiger partial charge in [0, 0.05) is 18.4 Å². The minimum Gasteiger partial charge on any atom is -0.349 e. The number of allylic oxidation sites excluding steroid dienone is 1. The Morgan fingerprint density at radius 2 is 1.92 bits per heavy atom. The van der Waals surface area contributed by atoms with Crippen molar-refractivity contribution >= 4 is 10.1 Å². The zero-order chi connectivity index (χ0) is 26.4. The van der Waals surface area contributed by atoms with E-state index < -0.39 is 16.2 Å². The second-order valence-corrected chi connectivity index (χ2v) is 16.1. The molecule has 2 heterocycles. The molecular formula is C30H49NO5S. The highest BCUT2D eigenvalue weighted by Gasteiger charge is 2.68. The number of ether oxygens (including phenoxy) is 2. The summed E-state index contributed by atoms with van der Waals surface area (Å²) in [4.78, 5) is 0. The van der Waals surface area contributed by atoms with Gasteiger partial charge in [0.15, 0.2) is 5.79 Å². The number of hydrogen-bond acceptors (Lipinski definition) is 6. The fraction of sp³-hybridized carbons (Fsp3) is 0.933. The third kappa shape index (κ3) is 4.20.